The van der Waals surface area contributed by atoms with E-state index in [4.69, 9.17) is 37.9 Å². The maximum Gasteiger partial charge on any atom is 3.00 e. The summed E-state index contributed by atoms with van der Waals surface area (Å²) in [7, 11) is 0. The van der Waals surface area contributed by atoms with Crippen molar-refractivity contribution in [1.82, 2.24) is 0 Å². The van der Waals surface area contributed by atoms with Gasteiger partial charge < -0.3 is 37.9 Å². The molecule has 0 amide bonds. The fraction of sp³-hybridized carbons (Fsp3) is 1.00. The van der Waals surface area contributed by atoms with Crippen molar-refractivity contribution >= 4 is 37.9 Å². The van der Waals surface area contributed by atoms with Gasteiger partial charge in [0.2, 0.25) is 0 Å². The topological polar surface area (TPSA) is 0 Å². The SMILES string of the molecule is CCCCCCCCCC(C)(C)[S-].CCCCCCCCCC(C)(C)[S-].CCCCCCCCCC(C)(C)[S-].[Au+3]. The minimum atomic E-state index is 0. The van der Waals surface area contributed by atoms with E-state index in [1.165, 1.54) is 154 Å². The van der Waals surface area contributed by atoms with E-state index in [1.807, 2.05) is 0 Å². The molecule has 0 spiro atoms. The van der Waals surface area contributed by atoms with Crippen LogP contribution in [0.4, 0.5) is 0 Å². The molecule has 0 bridgehead atoms. The van der Waals surface area contributed by atoms with Crippen LogP contribution in [0, 0.1) is 0 Å². The molecule has 0 aromatic heterocycles. The second-order valence-corrected chi connectivity index (χ2v) is 17.2. The Hall–Kier alpha value is 1.79. The molecule has 4 heteroatoms. The van der Waals surface area contributed by atoms with Crippen LogP contribution in [0.15, 0.2) is 0 Å². The largest absolute Gasteiger partial charge is 3.00 e. The maximum absolute atomic E-state index is 5.30. The van der Waals surface area contributed by atoms with Gasteiger partial charge in [0.05, 0.1) is 0 Å². The third kappa shape index (κ3) is 59.2. The standard InChI is InChI=1S/3C12H26S.Au/c3*1-4-5-6-7-8-9-10-11-12(2,3)13;/h3*13H,4-11H2,1-3H3;/q;;;+3/p-3. The van der Waals surface area contributed by atoms with Crippen LogP contribution in [0.1, 0.15) is 216 Å². The van der Waals surface area contributed by atoms with Gasteiger partial charge in [-0.25, -0.2) is 0 Å². The number of hydrogen-bond donors (Lipinski definition) is 0. The zero-order valence-electron chi connectivity index (χ0n) is 29.0. The van der Waals surface area contributed by atoms with Crippen molar-refractivity contribution < 1.29 is 22.4 Å². The molecule has 0 nitrogen and oxygen atoms in total. The third-order valence-corrected chi connectivity index (χ3v) is 7.76. The Labute approximate surface area is 289 Å². The first kappa shape index (κ1) is 48.7. The monoisotopic (exact) mass is 800 g/mol. The predicted molar refractivity (Wildman–Crippen MR) is 192 cm³/mol. The minimum absolute atomic E-state index is 0. The quantitative estimate of drug-likeness (QED) is 0.0542. The summed E-state index contributed by atoms with van der Waals surface area (Å²) in [6.07, 6.45) is 32.7. The molecule has 0 aromatic rings. The van der Waals surface area contributed by atoms with Crippen molar-refractivity contribution in [3.8, 4) is 0 Å². The Morgan fingerprint density at radius 3 is 0.600 bits per heavy atom. The summed E-state index contributed by atoms with van der Waals surface area (Å²) in [5.74, 6) is 0. The van der Waals surface area contributed by atoms with Crippen molar-refractivity contribution in [3.63, 3.8) is 0 Å². The first-order chi connectivity index (χ1) is 18.2. The van der Waals surface area contributed by atoms with Crippen LogP contribution >= 0.6 is 0 Å². The Morgan fingerprint density at radius 1 is 0.300 bits per heavy atom. The van der Waals surface area contributed by atoms with Gasteiger partial charge in [0, 0.05) is 0 Å². The van der Waals surface area contributed by atoms with E-state index < -0.39 is 0 Å². The summed E-state index contributed by atoms with van der Waals surface area (Å²) in [6.45, 7) is 19.7. The molecule has 40 heavy (non-hydrogen) atoms. The smallest absolute Gasteiger partial charge is 0.786 e. The molecule has 0 heterocycles. The van der Waals surface area contributed by atoms with E-state index in [-0.39, 0.29) is 36.6 Å². The molecule has 0 fully saturated rings. The van der Waals surface area contributed by atoms with Crippen LogP contribution in [-0.4, -0.2) is 14.2 Å². The number of hydrogen-bond acceptors (Lipinski definition) is 3. The maximum atomic E-state index is 5.30. The van der Waals surface area contributed by atoms with Gasteiger partial charge in [-0.05, 0) is 0 Å². The van der Waals surface area contributed by atoms with E-state index in [0.717, 1.165) is 0 Å². The molecular weight excluding hydrogens is 726 g/mol. The summed E-state index contributed by atoms with van der Waals surface area (Å²) in [5, 5.41) is 0. The Balaban J connectivity index is -0.000000240. The fourth-order valence-electron chi connectivity index (χ4n) is 4.52. The molecule has 0 saturated carbocycles. The van der Waals surface area contributed by atoms with Crippen molar-refractivity contribution in [3.05, 3.63) is 0 Å². The van der Waals surface area contributed by atoms with E-state index in [0.29, 0.717) is 0 Å². The number of rotatable bonds is 24. The molecule has 0 aliphatic rings. The van der Waals surface area contributed by atoms with Crippen LogP contribution in [-0.2, 0) is 60.3 Å². The average molecular weight is 801 g/mol. The molecule has 0 atom stereocenters. The predicted octanol–water partition coefficient (Wildman–Crippen LogP) is 13.4. The first-order valence-electron chi connectivity index (χ1n) is 17.3. The second kappa shape index (κ2) is 33.7. The first-order valence-corrected chi connectivity index (χ1v) is 18.5. The molecule has 248 valence electrons. The summed E-state index contributed by atoms with van der Waals surface area (Å²) in [4.78, 5) is 0. The Kier molecular flexibility index (Phi) is 41.0. The third-order valence-electron chi connectivity index (χ3n) is 7.15. The Bertz CT molecular complexity index is 380. The van der Waals surface area contributed by atoms with Crippen LogP contribution < -0.4 is 0 Å². The summed E-state index contributed by atoms with van der Waals surface area (Å²) < 4.78 is 0.385. The molecule has 0 unspecified atom stereocenters. The average Bonchev–Trinajstić information content (AvgIpc) is 2.81. The van der Waals surface area contributed by atoms with Crippen molar-refractivity contribution in [2.75, 3.05) is 0 Å². The van der Waals surface area contributed by atoms with Gasteiger partial charge in [0.25, 0.3) is 0 Å². The second-order valence-electron chi connectivity index (χ2n) is 13.9. The molecule has 0 aliphatic carbocycles. The fourth-order valence-corrected chi connectivity index (χ4v) is 4.96. The molecular formula is C36H75AuS3. The van der Waals surface area contributed by atoms with Crippen LogP contribution in [0.2, 0.25) is 0 Å². The molecule has 0 saturated heterocycles. The van der Waals surface area contributed by atoms with Gasteiger partial charge in [-0.15, -0.1) is 0 Å². The van der Waals surface area contributed by atoms with Crippen molar-refractivity contribution in [2.24, 2.45) is 0 Å². The molecule has 0 rings (SSSR count). The Morgan fingerprint density at radius 2 is 0.450 bits per heavy atom. The van der Waals surface area contributed by atoms with Gasteiger partial charge >= 0.3 is 22.4 Å². The van der Waals surface area contributed by atoms with Crippen molar-refractivity contribution in [1.29, 1.82) is 0 Å². The van der Waals surface area contributed by atoms with Crippen LogP contribution in [0.5, 0.6) is 0 Å². The molecule has 0 radical (unpaired) electrons. The van der Waals surface area contributed by atoms with E-state index in [1.54, 1.807) is 0 Å². The van der Waals surface area contributed by atoms with E-state index in [9.17, 15) is 0 Å². The van der Waals surface area contributed by atoms with Crippen LogP contribution in [0.3, 0.4) is 0 Å². The van der Waals surface area contributed by atoms with Gasteiger partial charge in [-0.2, -0.15) is 14.2 Å². The van der Waals surface area contributed by atoms with Gasteiger partial charge in [-0.1, -0.05) is 216 Å². The van der Waals surface area contributed by atoms with Gasteiger partial charge in [0.1, 0.15) is 0 Å². The zero-order valence-corrected chi connectivity index (χ0v) is 33.6. The van der Waals surface area contributed by atoms with E-state index >= 15 is 0 Å². The molecule has 0 aromatic carbocycles. The van der Waals surface area contributed by atoms with Gasteiger partial charge in [-0.3, -0.25) is 0 Å². The summed E-state index contributed by atoms with van der Waals surface area (Å²) in [5.41, 5.74) is 0. The van der Waals surface area contributed by atoms with Gasteiger partial charge in [0.15, 0.2) is 0 Å². The molecule has 0 aliphatic heterocycles. The number of unbranched alkanes of at least 4 members (excludes halogenated alkanes) is 18. The summed E-state index contributed by atoms with van der Waals surface area (Å²) >= 11 is 15.9. The minimum Gasteiger partial charge on any atom is -0.786 e. The van der Waals surface area contributed by atoms with Crippen LogP contribution in [0.25, 0.3) is 0 Å². The van der Waals surface area contributed by atoms with Crippen molar-refractivity contribution in [2.45, 2.75) is 231 Å². The normalized spacial score (nSPS) is 11.7. The zero-order chi connectivity index (χ0) is 30.5. The summed E-state index contributed by atoms with van der Waals surface area (Å²) in [6, 6.07) is 0. The van der Waals surface area contributed by atoms with E-state index in [2.05, 4.69) is 62.3 Å². The molecule has 0 N–H and O–H groups in total.